The average molecular weight is 390 g/mol. The van der Waals surface area contributed by atoms with E-state index in [4.69, 9.17) is 14.2 Å². The van der Waals surface area contributed by atoms with Gasteiger partial charge in [0.15, 0.2) is 11.5 Å². The Labute approximate surface area is 166 Å². The lowest BCUT2D eigenvalue weighted by Gasteiger charge is -2.30. The number of nitrogens with zero attached hydrogens (tertiary/aromatic N) is 1. The van der Waals surface area contributed by atoms with Crippen LogP contribution in [0.15, 0.2) is 12.1 Å². The quantitative estimate of drug-likeness (QED) is 0.808. The molecule has 1 N–H and O–H groups in total. The first-order chi connectivity index (χ1) is 13.5. The van der Waals surface area contributed by atoms with Crippen molar-refractivity contribution in [2.75, 3.05) is 32.8 Å². The highest BCUT2D eigenvalue weighted by Gasteiger charge is 2.37. The van der Waals surface area contributed by atoms with Gasteiger partial charge in [-0.1, -0.05) is 19.8 Å². The molecule has 3 rings (SSSR count). The Morgan fingerprint density at radius 2 is 1.71 bits per heavy atom. The van der Waals surface area contributed by atoms with Crippen LogP contribution in [0, 0.1) is 11.8 Å². The van der Waals surface area contributed by atoms with E-state index in [0.717, 1.165) is 19.3 Å². The van der Waals surface area contributed by atoms with Crippen molar-refractivity contribution in [2.45, 2.75) is 45.1 Å². The van der Waals surface area contributed by atoms with E-state index >= 15 is 0 Å². The van der Waals surface area contributed by atoms with Crippen molar-refractivity contribution in [1.82, 2.24) is 5.32 Å². The van der Waals surface area contributed by atoms with Crippen LogP contribution < -0.4 is 24.4 Å². The molecular formula is C21H30N2O5. The number of hydrogen-bond acceptors (Lipinski definition) is 5. The Balaban J connectivity index is 1.74. The third-order valence-electron chi connectivity index (χ3n) is 5.90. The molecule has 2 amide bonds. The van der Waals surface area contributed by atoms with Gasteiger partial charge >= 0.3 is 0 Å². The summed E-state index contributed by atoms with van der Waals surface area (Å²) in [4.78, 5) is 27.0. The molecule has 2 aliphatic rings. The molecule has 1 aliphatic carbocycles. The number of rotatable bonds is 6. The van der Waals surface area contributed by atoms with Gasteiger partial charge in [-0.15, -0.1) is 0 Å². The molecule has 1 aromatic rings. The smallest absolute Gasteiger partial charge is 0.227 e. The van der Waals surface area contributed by atoms with Crippen LogP contribution in [0.1, 0.15) is 39.0 Å². The summed E-state index contributed by atoms with van der Waals surface area (Å²) in [5, 5.41) is 3.18. The lowest BCUT2D eigenvalue weighted by molar-refractivity contribution is -0.127. The normalized spacial score (nSPS) is 24.8. The van der Waals surface area contributed by atoms with Gasteiger partial charge in [-0.25, -0.2) is 0 Å². The van der Waals surface area contributed by atoms with Crippen LogP contribution in [-0.2, 0) is 9.59 Å². The van der Waals surface area contributed by atoms with Crippen LogP contribution in [0.4, 0.5) is 5.69 Å². The number of hydrogen-bond donors (Lipinski definition) is 1. The van der Waals surface area contributed by atoms with E-state index in [0.29, 0.717) is 35.4 Å². The molecule has 1 heterocycles. The van der Waals surface area contributed by atoms with Crippen molar-refractivity contribution < 1.29 is 23.8 Å². The van der Waals surface area contributed by atoms with Crippen LogP contribution in [-0.4, -0.2) is 45.7 Å². The van der Waals surface area contributed by atoms with Crippen molar-refractivity contribution >= 4 is 17.5 Å². The van der Waals surface area contributed by atoms with Crippen molar-refractivity contribution in [3.05, 3.63) is 12.1 Å². The lowest BCUT2D eigenvalue weighted by Crippen LogP contribution is -2.44. The highest BCUT2D eigenvalue weighted by molar-refractivity contribution is 6.00. The van der Waals surface area contributed by atoms with Crippen molar-refractivity contribution in [1.29, 1.82) is 0 Å². The molecule has 0 spiro atoms. The fraction of sp³-hybridized carbons (Fsp3) is 0.619. The molecule has 3 atom stereocenters. The number of carbonyl (C=O) groups is 2. The first-order valence-electron chi connectivity index (χ1n) is 9.89. The molecule has 1 saturated carbocycles. The zero-order valence-corrected chi connectivity index (χ0v) is 17.1. The molecule has 154 valence electrons. The SMILES string of the molecule is COc1cc(N2CC(C(=O)NC3CCCCC3C)CC2=O)cc(OC)c1OC. The second kappa shape index (κ2) is 8.71. The Kier molecular flexibility index (Phi) is 6.31. The van der Waals surface area contributed by atoms with Gasteiger partial charge in [-0.05, 0) is 18.8 Å². The van der Waals surface area contributed by atoms with E-state index in [1.165, 1.54) is 27.8 Å². The molecule has 7 heteroatoms. The first kappa shape index (κ1) is 20.3. The summed E-state index contributed by atoms with van der Waals surface area (Å²) in [6.45, 7) is 2.54. The maximum Gasteiger partial charge on any atom is 0.227 e. The lowest BCUT2D eigenvalue weighted by atomic mass is 9.85. The Morgan fingerprint density at radius 3 is 2.29 bits per heavy atom. The largest absolute Gasteiger partial charge is 0.493 e. The molecular weight excluding hydrogens is 360 g/mol. The van der Waals surface area contributed by atoms with E-state index in [9.17, 15) is 9.59 Å². The Morgan fingerprint density at radius 1 is 1.07 bits per heavy atom. The van der Waals surface area contributed by atoms with Gasteiger partial charge in [0.1, 0.15) is 0 Å². The second-order valence-corrected chi connectivity index (χ2v) is 7.67. The predicted octanol–water partition coefficient (Wildman–Crippen LogP) is 2.76. The van der Waals surface area contributed by atoms with Gasteiger partial charge in [0, 0.05) is 31.1 Å². The summed E-state index contributed by atoms with van der Waals surface area (Å²) in [6, 6.07) is 3.69. The molecule has 0 aromatic heterocycles. The van der Waals surface area contributed by atoms with Crippen molar-refractivity contribution in [3.8, 4) is 17.2 Å². The molecule has 0 bridgehead atoms. The van der Waals surface area contributed by atoms with E-state index in [-0.39, 0.29) is 30.2 Å². The standard InChI is InChI=1S/C21H30N2O5/c1-13-7-5-6-8-16(13)22-21(25)14-9-19(24)23(12-14)15-10-17(26-2)20(28-4)18(11-15)27-3/h10-11,13-14,16H,5-9,12H2,1-4H3,(H,22,25). The number of ether oxygens (including phenoxy) is 3. The van der Waals surface area contributed by atoms with Gasteiger partial charge in [0.25, 0.3) is 0 Å². The maximum atomic E-state index is 12.8. The molecule has 28 heavy (non-hydrogen) atoms. The van der Waals surface area contributed by atoms with E-state index in [1.54, 1.807) is 17.0 Å². The fourth-order valence-electron chi connectivity index (χ4n) is 4.19. The van der Waals surface area contributed by atoms with E-state index in [1.807, 2.05) is 0 Å². The average Bonchev–Trinajstić information content (AvgIpc) is 3.10. The molecule has 1 saturated heterocycles. The highest BCUT2D eigenvalue weighted by atomic mass is 16.5. The molecule has 0 radical (unpaired) electrons. The number of methoxy groups -OCH3 is 3. The van der Waals surface area contributed by atoms with Gasteiger partial charge < -0.3 is 24.4 Å². The van der Waals surface area contributed by atoms with Crippen LogP contribution in [0.25, 0.3) is 0 Å². The number of amides is 2. The summed E-state index contributed by atoms with van der Waals surface area (Å²) >= 11 is 0. The van der Waals surface area contributed by atoms with Gasteiger partial charge in [0.2, 0.25) is 17.6 Å². The monoisotopic (exact) mass is 390 g/mol. The minimum Gasteiger partial charge on any atom is -0.493 e. The first-order valence-corrected chi connectivity index (χ1v) is 9.89. The van der Waals surface area contributed by atoms with Gasteiger partial charge in [-0.3, -0.25) is 9.59 Å². The van der Waals surface area contributed by atoms with Crippen LogP contribution in [0.5, 0.6) is 17.2 Å². The third-order valence-corrected chi connectivity index (χ3v) is 5.90. The zero-order chi connectivity index (χ0) is 20.3. The molecule has 1 aliphatic heterocycles. The number of carbonyl (C=O) groups excluding carboxylic acids is 2. The Bertz CT molecular complexity index is 711. The number of nitrogens with one attached hydrogen (secondary N) is 1. The predicted molar refractivity (Wildman–Crippen MR) is 106 cm³/mol. The highest BCUT2D eigenvalue weighted by Crippen LogP contribution is 2.42. The molecule has 3 unspecified atom stereocenters. The molecule has 1 aromatic carbocycles. The summed E-state index contributed by atoms with van der Waals surface area (Å²) in [6.07, 6.45) is 4.75. The van der Waals surface area contributed by atoms with Crippen LogP contribution in [0.2, 0.25) is 0 Å². The van der Waals surface area contributed by atoms with Crippen LogP contribution in [0.3, 0.4) is 0 Å². The topological polar surface area (TPSA) is 77.1 Å². The maximum absolute atomic E-state index is 12.8. The summed E-state index contributed by atoms with van der Waals surface area (Å²) in [7, 11) is 4.61. The minimum atomic E-state index is -0.347. The summed E-state index contributed by atoms with van der Waals surface area (Å²) in [5.41, 5.74) is 0.640. The molecule has 2 fully saturated rings. The van der Waals surface area contributed by atoms with Gasteiger partial charge in [-0.2, -0.15) is 0 Å². The van der Waals surface area contributed by atoms with E-state index in [2.05, 4.69) is 12.2 Å². The second-order valence-electron chi connectivity index (χ2n) is 7.67. The van der Waals surface area contributed by atoms with Crippen LogP contribution >= 0.6 is 0 Å². The zero-order valence-electron chi connectivity index (χ0n) is 17.1. The molecule has 7 nitrogen and oxygen atoms in total. The van der Waals surface area contributed by atoms with Crippen molar-refractivity contribution in [3.63, 3.8) is 0 Å². The van der Waals surface area contributed by atoms with Gasteiger partial charge in [0.05, 0.1) is 32.9 Å². The van der Waals surface area contributed by atoms with E-state index < -0.39 is 0 Å². The Hall–Kier alpha value is -2.44. The fourth-order valence-corrected chi connectivity index (χ4v) is 4.19. The number of anilines is 1. The summed E-state index contributed by atoms with van der Waals surface area (Å²) < 4.78 is 16.1. The summed E-state index contributed by atoms with van der Waals surface area (Å²) in [5.74, 6) is 1.47. The number of benzene rings is 1. The van der Waals surface area contributed by atoms with Crippen molar-refractivity contribution in [2.24, 2.45) is 11.8 Å². The third kappa shape index (κ3) is 4.03. The minimum absolute atomic E-state index is 0.0259.